The molecule has 0 saturated carbocycles. The predicted octanol–water partition coefficient (Wildman–Crippen LogP) is 3.44. The Labute approximate surface area is 90.0 Å². The van der Waals surface area contributed by atoms with Crippen LogP contribution in [0.15, 0.2) is 42.6 Å². The van der Waals surface area contributed by atoms with Crippen molar-refractivity contribution in [2.45, 2.75) is 13.8 Å². The van der Waals surface area contributed by atoms with E-state index in [9.17, 15) is 0 Å². The van der Waals surface area contributed by atoms with Crippen LogP contribution >= 0.6 is 0 Å². The largest absolute Gasteiger partial charge is 0.340 e. The van der Waals surface area contributed by atoms with Gasteiger partial charge in [0, 0.05) is 11.9 Å². The molecule has 0 bridgehead atoms. The lowest BCUT2D eigenvalue weighted by molar-refractivity contribution is 1.26. The smallest absolute Gasteiger partial charge is 0.130 e. The van der Waals surface area contributed by atoms with Crippen molar-refractivity contribution in [3.05, 3.63) is 53.7 Å². The molecule has 1 N–H and O–H groups in total. The number of aromatic nitrogens is 1. The van der Waals surface area contributed by atoms with Crippen LogP contribution in [0, 0.1) is 13.8 Å². The Morgan fingerprint density at radius 3 is 2.13 bits per heavy atom. The Bertz CT molecular complexity index is 386. The number of hydrogen-bond acceptors (Lipinski definition) is 2. The van der Waals surface area contributed by atoms with E-state index in [1.54, 1.807) is 0 Å². The Kier molecular flexibility index (Phi) is 2.68. The number of nitrogens with one attached hydrogen (secondary N) is 1. The first kappa shape index (κ1) is 9.71. The molecule has 0 atom stereocenters. The molecule has 0 radical (unpaired) electrons. The Balaban J connectivity index is 2.15. The normalized spacial score (nSPS) is 10.0. The summed E-state index contributed by atoms with van der Waals surface area (Å²) in [7, 11) is 0. The van der Waals surface area contributed by atoms with Crippen LogP contribution in [0.3, 0.4) is 0 Å². The number of pyridine rings is 1. The minimum absolute atomic E-state index is 0.879. The second-order valence-electron chi connectivity index (χ2n) is 3.71. The van der Waals surface area contributed by atoms with Gasteiger partial charge in [0.15, 0.2) is 0 Å². The summed E-state index contributed by atoms with van der Waals surface area (Å²) in [5, 5.41) is 3.25. The summed E-state index contributed by atoms with van der Waals surface area (Å²) in [4.78, 5) is 4.28. The zero-order chi connectivity index (χ0) is 10.7. The van der Waals surface area contributed by atoms with Crippen molar-refractivity contribution in [3.8, 4) is 0 Å². The Morgan fingerprint density at radius 2 is 1.53 bits per heavy atom. The molecule has 1 aromatic heterocycles. The van der Waals surface area contributed by atoms with E-state index in [-0.39, 0.29) is 0 Å². The molecule has 2 aromatic rings. The molecule has 1 heterocycles. The van der Waals surface area contributed by atoms with E-state index >= 15 is 0 Å². The Morgan fingerprint density at radius 1 is 0.867 bits per heavy atom. The molecule has 0 unspecified atom stereocenters. The number of anilines is 2. The van der Waals surface area contributed by atoms with Crippen LogP contribution < -0.4 is 5.32 Å². The van der Waals surface area contributed by atoms with E-state index in [2.05, 4.69) is 41.5 Å². The predicted molar refractivity (Wildman–Crippen MR) is 63.4 cm³/mol. The zero-order valence-electron chi connectivity index (χ0n) is 8.99. The van der Waals surface area contributed by atoms with E-state index < -0.39 is 0 Å². The molecule has 1 aromatic carbocycles. The van der Waals surface area contributed by atoms with Gasteiger partial charge in [-0.2, -0.15) is 0 Å². The van der Waals surface area contributed by atoms with Gasteiger partial charge in [-0.1, -0.05) is 23.8 Å². The van der Waals surface area contributed by atoms with E-state index in [1.807, 2.05) is 25.3 Å². The summed E-state index contributed by atoms with van der Waals surface area (Å²) in [5.41, 5.74) is 3.50. The summed E-state index contributed by atoms with van der Waals surface area (Å²) in [5.74, 6) is 0.879. The first-order chi connectivity index (χ1) is 7.24. The minimum atomic E-state index is 0.879. The number of rotatable bonds is 2. The van der Waals surface area contributed by atoms with Gasteiger partial charge in [-0.15, -0.1) is 0 Å². The molecule has 2 rings (SSSR count). The Hall–Kier alpha value is -1.83. The molecule has 0 fully saturated rings. The fourth-order valence-electron chi connectivity index (χ4n) is 1.33. The first-order valence-corrected chi connectivity index (χ1v) is 5.00. The second-order valence-corrected chi connectivity index (χ2v) is 3.71. The maximum atomic E-state index is 4.28. The third-order valence-electron chi connectivity index (χ3n) is 2.24. The molecule has 0 saturated heterocycles. The summed E-state index contributed by atoms with van der Waals surface area (Å²) >= 11 is 0. The van der Waals surface area contributed by atoms with E-state index in [1.165, 1.54) is 11.1 Å². The van der Waals surface area contributed by atoms with Crippen molar-refractivity contribution in [2.75, 3.05) is 5.32 Å². The van der Waals surface area contributed by atoms with Crippen molar-refractivity contribution in [3.63, 3.8) is 0 Å². The summed E-state index contributed by atoms with van der Waals surface area (Å²) in [6, 6.07) is 12.3. The third-order valence-corrected chi connectivity index (χ3v) is 2.24. The summed E-state index contributed by atoms with van der Waals surface area (Å²) < 4.78 is 0. The van der Waals surface area contributed by atoms with E-state index in [4.69, 9.17) is 0 Å². The van der Waals surface area contributed by atoms with Crippen molar-refractivity contribution < 1.29 is 0 Å². The highest BCUT2D eigenvalue weighted by Crippen LogP contribution is 2.14. The highest BCUT2D eigenvalue weighted by molar-refractivity contribution is 5.56. The number of hydrogen-bond donors (Lipinski definition) is 1. The molecule has 0 spiro atoms. The summed E-state index contributed by atoms with van der Waals surface area (Å²) in [6.07, 6.45) is 1.86. The topological polar surface area (TPSA) is 24.9 Å². The molecule has 0 aliphatic carbocycles. The van der Waals surface area contributed by atoms with Gasteiger partial charge in [0.05, 0.1) is 0 Å². The lowest BCUT2D eigenvalue weighted by Gasteiger charge is -2.05. The fraction of sp³-hybridized carbons (Fsp3) is 0.154. The van der Waals surface area contributed by atoms with Crippen LogP contribution in [0.2, 0.25) is 0 Å². The standard InChI is InChI=1S/C13H14N2/c1-10-3-6-12(7-4-10)15-13-8-5-11(2)9-14-13/h3-9H,1-2H3,(H,14,15). The second kappa shape index (κ2) is 4.13. The van der Waals surface area contributed by atoms with Gasteiger partial charge in [-0.25, -0.2) is 4.98 Å². The van der Waals surface area contributed by atoms with Gasteiger partial charge < -0.3 is 5.32 Å². The average molecular weight is 198 g/mol. The van der Waals surface area contributed by atoms with Gasteiger partial charge in [0.1, 0.15) is 5.82 Å². The molecular formula is C13H14N2. The number of aryl methyl sites for hydroxylation is 2. The quantitative estimate of drug-likeness (QED) is 0.799. The minimum Gasteiger partial charge on any atom is -0.340 e. The van der Waals surface area contributed by atoms with Gasteiger partial charge >= 0.3 is 0 Å². The molecule has 0 amide bonds. The van der Waals surface area contributed by atoms with Gasteiger partial charge in [0.2, 0.25) is 0 Å². The third kappa shape index (κ3) is 2.56. The SMILES string of the molecule is Cc1ccc(Nc2ccc(C)cn2)cc1. The monoisotopic (exact) mass is 198 g/mol. The molecule has 2 heteroatoms. The fourth-order valence-corrected chi connectivity index (χ4v) is 1.33. The number of benzene rings is 1. The molecule has 0 aliphatic heterocycles. The van der Waals surface area contributed by atoms with Crippen molar-refractivity contribution >= 4 is 11.5 Å². The highest BCUT2D eigenvalue weighted by atomic mass is 15.0. The molecule has 0 aliphatic rings. The average Bonchev–Trinajstić information content (AvgIpc) is 2.25. The maximum absolute atomic E-state index is 4.28. The van der Waals surface area contributed by atoms with Gasteiger partial charge in [0.25, 0.3) is 0 Å². The lowest BCUT2D eigenvalue weighted by Crippen LogP contribution is -1.92. The number of nitrogens with zero attached hydrogens (tertiary/aromatic N) is 1. The van der Waals surface area contributed by atoms with Crippen molar-refractivity contribution in [1.29, 1.82) is 0 Å². The van der Waals surface area contributed by atoms with Crippen molar-refractivity contribution in [1.82, 2.24) is 4.98 Å². The van der Waals surface area contributed by atoms with Crippen LogP contribution in [-0.2, 0) is 0 Å². The van der Waals surface area contributed by atoms with Crippen molar-refractivity contribution in [2.24, 2.45) is 0 Å². The van der Waals surface area contributed by atoms with E-state index in [0.717, 1.165) is 11.5 Å². The van der Waals surface area contributed by atoms with E-state index in [0.29, 0.717) is 0 Å². The molecular weight excluding hydrogens is 184 g/mol. The van der Waals surface area contributed by atoms with Gasteiger partial charge in [-0.05, 0) is 37.6 Å². The highest BCUT2D eigenvalue weighted by Gasteiger charge is 1.94. The molecule has 2 nitrogen and oxygen atoms in total. The van der Waals surface area contributed by atoms with Crippen LogP contribution in [0.5, 0.6) is 0 Å². The van der Waals surface area contributed by atoms with Crippen LogP contribution in [0.1, 0.15) is 11.1 Å². The van der Waals surface area contributed by atoms with Crippen LogP contribution in [0.4, 0.5) is 11.5 Å². The maximum Gasteiger partial charge on any atom is 0.130 e. The zero-order valence-corrected chi connectivity index (χ0v) is 8.99. The molecule has 76 valence electrons. The molecule has 15 heavy (non-hydrogen) atoms. The van der Waals surface area contributed by atoms with Gasteiger partial charge in [-0.3, -0.25) is 0 Å². The van der Waals surface area contributed by atoms with Crippen LogP contribution in [0.25, 0.3) is 0 Å². The summed E-state index contributed by atoms with van der Waals surface area (Å²) in [6.45, 7) is 4.11. The lowest BCUT2D eigenvalue weighted by atomic mass is 10.2. The van der Waals surface area contributed by atoms with Crippen LogP contribution in [-0.4, -0.2) is 4.98 Å². The first-order valence-electron chi connectivity index (χ1n) is 5.00.